The number of nitrogens with zero attached hydrogens (tertiary/aromatic N) is 1. The summed E-state index contributed by atoms with van der Waals surface area (Å²) in [5.41, 5.74) is 0. The van der Waals surface area contributed by atoms with Crippen molar-refractivity contribution in [2.24, 2.45) is 0 Å². The predicted molar refractivity (Wildman–Crippen MR) is 59.4 cm³/mol. The van der Waals surface area contributed by atoms with Crippen molar-refractivity contribution < 1.29 is 24.2 Å². The maximum absolute atomic E-state index is 11.8. The number of carbonyl (C=O) groups excluding carboxylic acids is 2. The summed E-state index contributed by atoms with van der Waals surface area (Å²) in [6, 6.07) is -0.658. The lowest BCUT2D eigenvalue weighted by Gasteiger charge is -2.35. The van der Waals surface area contributed by atoms with E-state index in [1.807, 2.05) is 0 Å². The van der Waals surface area contributed by atoms with Gasteiger partial charge in [-0.3, -0.25) is 4.90 Å². The fourth-order valence-electron chi connectivity index (χ4n) is 1.80. The summed E-state index contributed by atoms with van der Waals surface area (Å²) in [5.74, 6) is -0.474. The highest BCUT2D eigenvalue weighted by molar-refractivity contribution is 5.81. The highest BCUT2D eigenvalue weighted by atomic mass is 16.6. The predicted octanol–water partition coefficient (Wildman–Crippen LogP) is 0.530. The van der Waals surface area contributed by atoms with Crippen LogP contribution in [0.5, 0.6) is 0 Å². The summed E-state index contributed by atoms with van der Waals surface area (Å²) in [6.07, 6.45) is -0.601. The molecule has 1 fully saturated rings. The van der Waals surface area contributed by atoms with Crippen LogP contribution in [0.2, 0.25) is 0 Å². The maximum Gasteiger partial charge on any atom is 0.410 e. The van der Waals surface area contributed by atoms with Crippen LogP contribution < -0.4 is 0 Å². The zero-order valence-electron chi connectivity index (χ0n) is 10.4. The first-order chi connectivity index (χ1) is 7.95. The Morgan fingerprint density at radius 2 is 2.00 bits per heavy atom. The van der Waals surface area contributed by atoms with Crippen molar-refractivity contribution in [3.8, 4) is 0 Å². The molecule has 0 bridgehead atoms. The molecule has 1 N–H and O–H groups in total. The van der Waals surface area contributed by atoms with E-state index in [-0.39, 0.29) is 12.6 Å². The standard InChI is InChI=1S/C11H19NO5/c1-7(2)17-11(15)12-6-8(13)4-5-9(12)10(14)16-3/h7-9,13H,4-6H2,1-3H3/t8-,9+/m1/s1. The van der Waals surface area contributed by atoms with Crippen molar-refractivity contribution in [1.82, 2.24) is 4.90 Å². The number of aliphatic hydroxyl groups excluding tert-OH is 1. The van der Waals surface area contributed by atoms with Gasteiger partial charge in [0.1, 0.15) is 6.04 Å². The van der Waals surface area contributed by atoms with Crippen molar-refractivity contribution in [3.05, 3.63) is 0 Å². The van der Waals surface area contributed by atoms with Gasteiger partial charge in [0.15, 0.2) is 0 Å². The third-order valence-electron chi connectivity index (χ3n) is 2.60. The van der Waals surface area contributed by atoms with E-state index >= 15 is 0 Å². The number of carbonyl (C=O) groups is 2. The molecule has 0 aliphatic carbocycles. The molecule has 17 heavy (non-hydrogen) atoms. The normalized spacial score (nSPS) is 24.6. The number of hydrogen-bond acceptors (Lipinski definition) is 5. The third-order valence-corrected chi connectivity index (χ3v) is 2.60. The van der Waals surface area contributed by atoms with Gasteiger partial charge in [-0.2, -0.15) is 0 Å². The molecule has 0 unspecified atom stereocenters. The summed E-state index contributed by atoms with van der Waals surface area (Å²) < 4.78 is 9.67. The van der Waals surface area contributed by atoms with Crippen LogP contribution in [0.15, 0.2) is 0 Å². The molecule has 6 heteroatoms. The van der Waals surface area contributed by atoms with Crippen molar-refractivity contribution in [1.29, 1.82) is 0 Å². The number of esters is 1. The van der Waals surface area contributed by atoms with E-state index in [9.17, 15) is 14.7 Å². The van der Waals surface area contributed by atoms with E-state index in [0.29, 0.717) is 12.8 Å². The molecule has 0 radical (unpaired) electrons. The Bertz CT molecular complexity index is 292. The second kappa shape index (κ2) is 5.86. The number of aliphatic hydroxyl groups is 1. The van der Waals surface area contributed by atoms with Gasteiger partial charge in [-0.25, -0.2) is 9.59 Å². The van der Waals surface area contributed by atoms with Gasteiger partial charge in [-0.1, -0.05) is 0 Å². The van der Waals surface area contributed by atoms with Crippen LogP contribution >= 0.6 is 0 Å². The van der Waals surface area contributed by atoms with Gasteiger partial charge in [-0.05, 0) is 26.7 Å². The van der Waals surface area contributed by atoms with Crippen LogP contribution in [0.4, 0.5) is 4.79 Å². The van der Waals surface area contributed by atoms with Gasteiger partial charge in [-0.15, -0.1) is 0 Å². The smallest absolute Gasteiger partial charge is 0.410 e. The number of rotatable bonds is 2. The van der Waals surface area contributed by atoms with Gasteiger partial charge in [0.05, 0.1) is 25.9 Å². The molecule has 2 atom stereocenters. The summed E-state index contributed by atoms with van der Waals surface area (Å²) in [4.78, 5) is 24.5. The van der Waals surface area contributed by atoms with Gasteiger partial charge in [0.2, 0.25) is 0 Å². The first-order valence-electron chi connectivity index (χ1n) is 5.68. The highest BCUT2D eigenvalue weighted by Crippen LogP contribution is 2.20. The minimum absolute atomic E-state index is 0.103. The van der Waals surface area contributed by atoms with Gasteiger partial charge in [0.25, 0.3) is 0 Å². The lowest BCUT2D eigenvalue weighted by Crippen LogP contribution is -2.53. The Hall–Kier alpha value is -1.30. The fraction of sp³-hybridized carbons (Fsp3) is 0.818. The van der Waals surface area contributed by atoms with E-state index in [1.165, 1.54) is 12.0 Å². The SMILES string of the molecule is COC(=O)[C@@H]1CC[C@@H](O)CN1C(=O)OC(C)C. The fourth-order valence-corrected chi connectivity index (χ4v) is 1.80. The Morgan fingerprint density at radius 3 is 2.53 bits per heavy atom. The first kappa shape index (κ1) is 13.8. The Balaban J connectivity index is 2.74. The van der Waals surface area contributed by atoms with Crippen LogP contribution in [-0.2, 0) is 14.3 Å². The number of methoxy groups -OCH3 is 1. The Labute approximate surface area is 100 Å². The zero-order chi connectivity index (χ0) is 13.0. The van der Waals surface area contributed by atoms with Crippen molar-refractivity contribution in [3.63, 3.8) is 0 Å². The zero-order valence-corrected chi connectivity index (χ0v) is 10.4. The molecule has 0 aromatic carbocycles. The summed E-state index contributed by atoms with van der Waals surface area (Å²) in [7, 11) is 1.28. The number of hydrogen-bond donors (Lipinski definition) is 1. The molecule has 0 aromatic rings. The lowest BCUT2D eigenvalue weighted by molar-refractivity contribution is -0.149. The molecule has 1 heterocycles. The topological polar surface area (TPSA) is 76.1 Å². The second-order valence-corrected chi connectivity index (χ2v) is 4.36. The molecular formula is C11H19NO5. The Kier molecular flexibility index (Phi) is 4.74. The largest absolute Gasteiger partial charge is 0.467 e. The molecule has 0 saturated carbocycles. The number of likely N-dealkylation sites (tertiary alicyclic amines) is 1. The molecule has 6 nitrogen and oxygen atoms in total. The van der Waals surface area contributed by atoms with E-state index < -0.39 is 24.2 Å². The molecule has 0 spiro atoms. The molecule has 1 rings (SSSR count). The lowest BCUT2D eigenvalue weighted by atomic mass is 10.0. The number of piperidine rings is 1. The molecular weight excluding hydrogens is 226 g/mol. The van der Waals surface area contributed by atoms with Crippen LogP contribution in [0.3, 0.4) is 0 Å². The van der Waals surface area contributed by atoms with Gasteiger partial charge < -0.3 is 14.6 Å². The van der Waals surface area contributed by atoms with E-state index in [0.717, 1.165) is 0 Å². The van der Waals surface area contributed by atoms with Crippen molar-refractivity contribution >= 4 is 12.1 Å². The molecule has 1 saturated heterocycles. The molecule has 1 aliphatic rings. The quantitative estimate of drug-likeness (QED) is 0.718. The number of β-amino-alcohol motifs (C(OH)–C–C–N with tert-alkyl or cyclic N) is 1. The van der Waals surface area contributed by atoms with E-state index in [4.69, 9.17) is 4.74 Å². The third kappa shape index (κ3) is 3.59. The minimum Gasteiger partial charge on any atom is -0.467 e. The van der Waals surface area contributed by atoms with Crippen molar-refractivity contribution in [2.45, 2.75) is 44.9 Å². The monoisotopic (exact) mass is 245 g/mol. The van der Waals surface area contributed by atoms with Crippen molar-refractivity contribution in [2.75, 3.05) is 13.7 Å². The summed E-state index contributed by atoms with van der Waals surface area (Å²) in [5, 5.41) is 9.53. The first-order valence-corrected chi connectivity index (χ1v) is 5.68. The Morgan fingerprint density at radius 1 is 1.35 bits per heavy atom. The summed E-state index contributed by atoms with van der Waals surface area (Å²) in [6.45, 7) is 3.56. The molecule has 1 aliphatic heterocycles. The highest BCUT2D eigenvalue weighted by Gasteiger charge is 2.37. The molecule has 1 amide bonds. The van der Waals surface area contributed by atoms with Crippen LogP contribution in [0, 0.1) is 0 Å². The minimum atomic E-state index is -0.658. The average Bonchev–Trinajstić information content (AvgIpc) is 2.27. The molecule has 0 aromatic heterocycles. The molecule has 98 valence electrons. The van der Waals surface area contributed by atoms with Gasteiger partial charge in [0, 0.05) is 0 Å². The van der Waals surface area contributed by atoms with Gasteiger partial charge >= 0.3 is 12.1 Å². The number of ether oxygens (including phenoxy) is 2. The average molecular weight is 245 g/mol. The summed E-state index contributed by atoms with van der Waals surface area (Å²) >= 11 is 0. The van der Waals surface area contributed by atoms with Crippen LogP contribution in [0.25, 0.3) is 0 Å². The second-order valence-electron chi connectivity index (χ2n) is 4.36. The van der Waals surface area contributed by atoms with Crippen LogP contribution in [0.1, 0.15) is 26.7 Å². The maximum atomic E-state index is 11.8. The van der Waals surface area contributed by atoms with E-state index in [2.05, 4.69) is 4.74 Å². The number of amides is 1. The van der Waals surface area contributed by atoms with E-state index in [1.54, 1.807) is 13.8 Å². The van der Waals surface area contributed by atoms with Crippen LogP contribution in [-0.4, -0.2) is 54.0 Å².